The summed E-state index contributed by atoms with van der Waals surface area (Å²) in [5.74, 6) is -0.334. The first-order valence-corrected chi connectivity index (χ1v) is 9.01. The predicted octanol–water partition coefficient (Wildman–Crippen LogP) is 5.21. The lowest BCUT2D eigenvalue weighted by molar-refractivity contribution is 0.512. The number of aliphatic hydroxyl groups excluding tert-OH is 1. The quantitative estimate of drug-likeness (QED) is 0.432. The molecule has 0 aliphatic heterocycles. The summed E-state index contributed by atoms with van der Waals surface area (Å²) in [6, 6.07) is 13.0. The third-order valence-corrected chi connectivity index (χ3v) is 4.12. The molecule has 2 rings (SSSR count). The molecule has 136 valence electrons. The fourth-order valence-electron chi connectivity index (χ4n) is 1.86. The molecule has 0 aromatic heterocycles. The Balaban J connectivity index is 2.14. The molecule has 0 saturated heterocycles. The van der Waals surface area contributed by atoms with E-state index >= 15 is 0 Å². The number of aliphatic imine (C=N–C) groups is 2. The minimum absolute atomic E-state index is 0.0190. The van der Waals surface area contributed by atoms with Gasteiger partial charge < -0.3 is 10.0 Å². The van der Waals surface area contributed by atoms with Gasteiger partial charge in [0, 0.05) is 30.1 Å². The number of halogens is 2. The van der Waals surface area contributed by atoms with Crippen LogP contribution >= 0.6 is 23.4 Å². The van der Waals surface area contributed by atoms with Gasteiger partial charge in [-0.2, -0.15) is 0 Å². The Hall–Kier alpha value is -2.31. The molecule has 2 aromatic rings. The third-order valence-electron chi connectivity index (χ3n) is 3.10. The van der Waals surface area contributed by atoms with Crippen molar-refractivity contribution in [3.63, 3.8) is 0 Å². The van der Waals surface area contributed by atoms with Gasteiger partial charge in [-0.05, 0) is 42.0 Å². The van der Waals surface area contributed by atoms with E-state index in [-0.39, 0.29) is 11.6 Å². The molecule has 1 N–H and O–H groups in total. The zero-order valence-electron chi connectivity index (χ0n) is 14.4. The molecule has 0 saturated carbocycles. The van der Waals surface area contributed by atoms with Crippen molar-refractivity contribution in [1.82, 2.24) is 4.90 Å². The molecule has 0 spiro atoms. The number of amidine groups is 1. The highest BCUT2D eigenvalue weighted by Crippen LogP contribution is 2.19. The summed E-state index contributed by atoms with van der Waals surface area (Å²) in [7, 11) is 3.71. The molecule has 4 nitrogen and oxygen atoms in total. The maximum absolute atomic E-state index is 13.0. The van der Waals surface area contributed by atoms with E-state index in [0.29, 0.717) is 22.3 Å². The second-order valence-corrected chi connectivity index (χ2v) is 6.84. The SMILES string of the molecule is CN(C)/C=N/C(=NCc1cccc(Cl)c1)S/C=C(\O)c1ccc(F)cc1. The van der Waals surface area contributed by atoms with Crippen LogP contribution in [0.1, 0.15) is 11.1 Å². The topological polar surface area (TPSA) is 48.2 Å². The second-order valence-electron chi connectivity index (χ2n) is 5.56. The van der Waals surface area contributed by atoms with Crippen molar-refractivity contribution in [2.75, 3.05) is 14.1 Å². The average molecular weight is 392 g/mol. The number of nitrogens with zero attached hydrogens (tertiary/aromatic N) is 3. The minimum Gasteiger partial charge on any atom is -0.507 e. The Kier molecular flexibility index (Phi) is 7.69. The Bertz CT molecular complexity index is 820. The molecule has 0 radical (unpaired) electrons. The standard InChI is InChI=1S/C19H19ClFN3OS/c1-24(2)13-23-19(22-11-14-4-3-5-16(20)10-14)26-12-18(25)15-6-8-17(21)9-7-15/h3-10,12-13,25H,11H2,1-2H3/b18-12-,22-19?,23-13+. The van der Waals surface area contributed by atoms with E-state index < -0.39 is 0 Å². The number of benzene rings is 2. The van der Waals surface area contributed by atoms with E-state index in [1.165, 1.54) is 41.4 Å². The highest BCUT2D eigenvalue weighted by atomic mass is 35.5. The molecule has 0 heterocycles. The summed E-state index contributed by atoms with van der Waals surface area (Å²) in [4.78, 5) is 10.6. The molecule has 0 unspecified atom stereocenters. The van der Waals surface area contributed by atoms with Crippen LogP contribution in [-0.2, 0) is 6.54 Å². The molecule has 26 heavy (non-hydrogen) atoms. The molecule has 0 atom stereocenters. The van der Waals surface area contributed by atoms with Crippen LogP contribution in [0.25, 0.3) is 5.76 Å². The second kappa shape index (κ2) is 9.99. The van der Waals surface area contributed by atoms with Crippen LogP contribution < -0.4 is 0 Å². The van der Waals surface area contributed by atoms with Gasteiger partial charge in [0.25, 0.3) is 0 Å². The van der Waals surface area contributed by atoms with Crippen LogP contribution in [0, 0.1) is 5.82 Å². The highest BCUT2D eigenvalue weighted by Gasteiger charge is 2.02. The summed E-state index contributed by atoms with van der Waals surface area (Å²) in [6.07, 6.45) is 1.63. The van der Waals surface area contributed by atoms with Gasteiger partial charge in [-0.3, -0.25) is 4.99 Å². The Morgan fingerprint density at radius 2 is 1.96 bits per heavy atom. The predicted molar refractivity (Wildman–Crippen MR) is 109 cm³/mol. The minimum atomic E-state index is -0.353. The van der Waals surface area contributed by atoms with Gasteiger partial charge >= 0.3 is 0 Å². The van der Waals surface area contributed by atoms with E-state index in [1.807, 2.05) is 32.3 Å². The molecule has 7 heteroatoms. The summed E-state index contributed by atoms with van der Waals surface area (Å²) < 4.78 is 13.0. The number of hydrogen-bond acceptors (Lipinski definition) is 3. The highest BCUT2D eigenvalue weighted by molar-refractivity contribution is 8.16. The molecule has 0 amide bonds. The van der Waals surface area contributed by atoms with Gasteiger partial charge in [0.2, 0.25) is 0 Å². The monoisotopic (exact) mass is 391 g/mol. The molecular formula is C19H19ClFN3OS. The summed E-state index contributed by atoms with van der Waals surface area (Å²) in [5, 5.41) is 12.8. The number of hydrogen-bond donors (Lipinski definition) is 1. The molecular weight excluding hydrogens is 373 g/mol. The van der Waals surface area contributed by atoms with Gasteiger partial charge in [-0.15, -0.1) is 0 Å². The maximum Gasteiger partial charge on any atom is 0.189 e. The molecule has 0 aliphatic carbocycles. The third kappa shape index (κ3) is 6.90. The fraction of sp³-hybridized carbons (Fsp3) is 0.158. The maximum atomic E-state index is 13.0. The van der Waals surface area contributed by atoms with Crippen molar-refractivity contribution in [2.45, 2.75) is 6.54 Å². The van der Waals surface area contributed by atoms with Gasteiger partial charge in [0.05, 0.1) is 12.9 Å². The van der Waals surface area contributed by atoms with E-state index in [0.717, 1.165) is 5.56 Å². The average Bonchev–Trinajstić information content (AvgIpc) is 2.61. The summed E-state index contributed by atoms with van der Waals surface area (Å²) >= 11 is 7.17. The largest absolute Gasteiger partial charge is 0.507 e. The Morgan fingerprint density at radius 1 is 1.23 bits per heavy atom. The first-order valence-electron chi connectivity index (χ1n) is 7.75. The van der Waals surface area contributed by atoms with Crippen molar-refractivity contribution in [2.24, 2.45) is 9.98 Å². The van der Waals surface area contributed by atoms with E-state index in [9.17, 15) is 9.50 Å². The molecule has 0 bridgehead atoms. The number of aliphatic hydroxyl groups is 1. The zero-order chi connectivity index (χ0) is 18.9. The van der Waals surface area contributed by atoms with Crippen LogP contribution in [0.4, 0.5) is 4.39 Å². The molecule has 0 aliphatic rings. The van der Waals surface area contributed by atoms with Gasteiger partial charge in [-0.1, -0.05) is 35.5 Å². The fourth-order valence-corrected chi connectivity index (χ4v) is 2.68. The lowest BCUT2D eigenvalue weighted by atomic mass is 10.2. The lowest BCUT2D eigenvalue weighted by Gasteiger charge is -2.04. The summed E-state index contributed by atoms with van der Waals surface area (Å²) in [5.41, 5.74) is 1.48. The van der Waals surface area contributed by atoms with Crippen LogP contribution in [0.2, 0.25) is 5.02 Å². The van der Waals surface area contributed by atoms with Crippen molar-refractivity contribution in [3.8, 4) is 0 Å². The Morgan fingerprint density at radius 3 is 2.62 bits per heavy atom. The molecule has 2 aromatic carbocycles. The van der Waals surface area contributed by atoms with Gasteiger partial charge in [0.15, 0.2) is 5.17 Å². The van der Waals surface area contributed by atoms with Crippen molar-refractivity contribution >= 4 is 40.6 Å². The smallest absolute Gasteiger partial charge is 0.189 e. The van der Waals surface area contributed by atoms with Gasteiger partial charge in [0.1, 0.15) is 11.6 Å². The van der Waals surface area contributed by atoms with Crippen LogP contribution in [0.15, 0.2) is 63.9 Å². The van der Waals surface area contributed by atoms with Gasteiger partial charge in [-0.25, -0.2) is 9.38 Å². The first kappa shape index (κ1) is 20.0. The number of thioether (sulfide) groups is 1. The normalized spacial score (nSPS) is 12.6. The van der Waals surface area contributed by atoms with Crippen LogP contribution in [0.3, 0.4) is 0 Å². The van der Waals surface area contributed by atoms with E-state index in [1.54, 1.807) is 17.3 Å². The van der Waals surface area contributed by atoms with E-state index in [4.69, 9.17) is 11.6 Å². The lowest BCUT2D eigenvalue weighted by Crippen LogP contribution is -2.08. The number of rotatable bonds is 5. The van der Waals surface area contributed by atoms with E-state index in [2.05, 4.69) is 9.98 Å². The van der Waals surface area contributed by atoms with Crippen LogP contribution in [-0.4, -0.2) is 35.6 Å². The van der Waals surface area contributed by atoms with Crippen molar-refractivity contribution in [1.29, 1.82) is 0 Å². The summed E-state index contributed by atoms with van der Waals surface area (Å²) in [6.45, 7) is 0.415. The van der Waals surface area contributed by atoms with Crippen LogP contribution in [0.5, 0.6) is 0 Å². The van der Waals surface area contributed by atoms with Crippen molar-refractivity contribution in [3.05, 3.63) is 75.9 Å². The van der Waals surface area contributed by atoms with Crippen molar-refractivity contribution < 1.29 is 9.50 Å². The first-order chi connectivity index (χ1) is 12.4. The Labute approximate surface area is 161 Å². The zero-order valence-corrected chi connectivity index (χ0v) is 16.0. The molecule has 0 fully saturated rings.